The largest absolute Gasteiger partial charge is 0.361 e. The molecule has 1 N–H and O–H groups in total. The molecule has 0 saturated carbocycles. The number of nitrogens with zero attached hydrogens (tertiary/aromatic N) is 3. The normalized spacial score (nSPS) is 17.9. The van der Waals surface area contributed by atoms with Crippen LogP contribution in [0, 0.1) is 17.2 Å². The number of hydrogen-bond acceptors (Lipinski definition) is 5. The third kappa shape index (κ3) is 3.69. The SMILES string of the molecule is CN1CCC(CCNc2ncc(C#N)s2)CC1. The van der Waals surface area contributed by atoms with Crippen molar-refractivity contribution >= 4 is 16.5 Å². The Kier molecular flexibility index (Phi) is 4.35. The summed E-state index contributed by atoms with van der Waals surface area (Å²) in [5.74, 6) is 0.842. The van der Waals surface area contributed by atoms with Crippen molar-refractivity contribution in [2.45, 2.75) is 19.3 Å². The van der Waals surface area contributed by atoms with Crippen molar-refractivity contribution < 1.29 is 0 Å². The second-order valence-corrected chi connectivity index (χ2v) is 5.63. The number of aromatic nitrogens is 1. The zero-order valence-corrected chi connectivity index (χ0v) is 11.0. The number of rotatable bonds is 4. The number of hydrogen-bond donors (Lipinski definition) is 1. The second-order valence-electron chi connectivity index (χ2n) is 4.60. The maximum atomic E-state index is 8.69. The van der Waals surface area contributed by atoms with Crippen molar-refractivity contribution in [1.29, 1.82) is 5.26 Å². The number of piperidine rings is 1. The number of nitrogens with one attached hydrogen (secondary N) is 1. The van der Waals surface area contributed by atoms with E-state index in [0.717, 1.165) is 17.6 Å². The highest BCUT2D eigenvalue weighted by Gasteiger charge is 2.16. The molecule has 1 aromatic rings. The lowest BCUT2D eigenvalue weighted by atomic mass is 9.94. The summed E-state index contributed by atoms with van der Waals surface area (Å²) in [6.45, 7) is 3.41. The Morgan fingerprint density at radius 2 is 2.35 bits per heavy atom. The quantitative estimate of drug-likeness (QED) is 0.889. The lowest BCUT2D eigenvalue weighted by Crippen LogP contribution is -2.30. The molecule has 0 aliphatic carbocycles. The van der Waals surface area contributed by atoms with Crippen LogP contribution in [0.5, 0.6) is 0 Å². The van der Waals surface area contributed by atoms with E-state index in [1.165, 1.54) is 43.7 Å². The fourth-order valence-corrected chi connectivity index (χ4v) is 2.78. The minimum atomic E-state index is 0.673. The molecule has 0 radical (unpaired) electrons. The predicted molar refractivity (Wildman–Crippen MR) is 70.2 cm³/mol. The number of thiazole rings is 1. The molecule has 2 heterocycles. The van der Waals surface area contributed by atoms with Gasteiger partial charge >= 0.3 is 0 Å². The van der Waals surface area contributed by atoms with Gasteiger partial charge in [0.25, 0.3) is 0 Å². The van der Waals surface area contributed by atoms with Crippen LogP contribution in [-0.4, -0.2) is 36.6 Å². The van der Waals surface area contributed by atoms with Crippen LogP contribution in [0.25, 0.3) is 0 Å². The highest BCUT2D eigenvalue weighted by molar-refractivity contribution is 7.16. The van der Waals surface area contributed by atoms with Crippen LogP contribution >= 0.6 is 11.3 Å². The van der Waals surface area contributed by atoms with Gasteiger partial charge in [-0.3, -0.25) is 0 Å². The van der Waals surface area contributed by atoms with Gasteiger partial charge in [0.2, 0.25) is 0 Å². The lowest BCUT2D eigenvalue weighted by molar-refractivity contribution is 0.215. The molecule has 4 nitrogen and oxygen atoms in total. The fraction of sp³-hybridized carbons (Fsp3) is 0.667. The molecule has 0 unspecified atom stereocenters. The van der Waals surface area contributed by atoms with Crippen molar-refractivity contribution in [3.8, 4) is 6.07 Å². The van der Waals surface area contributed by atoms with Gasteiger partial charge in [-0.05, 0) is 45.3 Å². The fourth-order valence-electron chi connectivity index (χ4n) is 2.14. The van der Waals surface area contributed by atoms with Crippen LogP contribution in [0.3, 0.4) is 0 Å². The second kappa shape index (κ2) is 5.99. The zero-order valence-electron chi connectivity index (χ0n) is 10.1. The molecule has 0 bridgehead atoms. The zero-order chi connectivity index (χ0) is 12.1. The molecule has 5 heteroatoms. The Labute approximate surface area is 106 Å². The summed E-state index contributed by atoms with van der Waals surface area (Å²) in [6, 6.07) is 2.10. The lowest BCUT2D eigenvalue weighted by Gasteiger charge is -2.28. The summed E-state index contributed by atoms with van der Waals surface area (Å²) in [7, 11) is 2.19. The average Bonchev–Trinajstić information content (AvgIpc) is 2.80. The molecule has 0 aromatic carbocycles. The topological polar surface area (TPSA) is 52.0 Å². The highest BCUT2D eigenvalue weighted by Crippen LogP contribution is 2.21. The first kappa shape index (κ1) is 12.3. The van der Waals surface area contributed by atoms with Crippen molar-refractivity contribution in [1.82, 2.24) is 9.88 Å². The van der Waals surface area contributed by atoms with Gasteiger partial charge in [0.05, 0.1) is 6.20 Å². The van der Waals surface area contributed by atoms with Crippen molar-refractivity contribution in [2.75, 3.05) is 32.0 Å². The molecule has 17 heavy (non-hydrogen) atoms. The van der Waals surface area contributed by atoms with E-state index in [-0.39, 0.29) is 0 Å². The summed E-state index contributed by atoms with van der Waals surface area (Å²) in [5.41, 5.74) is 0. The smallest absolute Gasteiger partial charge is 0.183 e. The van der Waals surface area contributed by atoms with E-state index in [0.29, 0.717) is 4.88 Å². The number of likely N-dealkylation sites (tertiary alicyclic amines) is 1. The first-order chi connectivity index (χ1) is 8.28. The van der Waals surface area contributed by atoms with E-state index in [1.54, 1.807) is 6.20 Å². The van der Waals surface area contributed by atoms with Gasteiger partial charge in [-0.2, -0.15) is 5.26 Å². The Balaban J connectivity index is 1.67. The van der Waals surface area contributed by atoms with Gasteiger partial charge in [0.1, 0.15) is 10.9 Å². The molecule has 1 aromatic heterocycles. The average molecular weight is 250 g/mol. The van der Waals surface area contributed by atoms with Crippen LogP contribution in [0.1, 0.15) is 24.1 Å². The standard InChI is InChI=1S/C12H18N4S/c1-16-6-3-10(4-7-16)2-5-14-12-15-9-11(8-13)17-12/h9-10H,2-7H2,1H3,(H,14,15). The van der Waals surface area contributed by atoms with E-state index < -0.39 is 0 Å². The van der Waals surface area contributed by atoms with Crippen LogP contribution in [0.2, 0.25) is 0 Å². The summed E-state index contributed by atoms with van der Waals surface area (Å²) in [4.78, 5) is 7.22. The molecule has 0 amide bonds. The van der Waals surface area contributed by atoms with E-state index in [2.05, 4.69) is 28.3 Å². The van der Waals surface area contributed by atoms with Crippen LogP contribution < -0.4 is 5.32 Å². The number of nitriles is 1. The maximum absolute atomic E-state index is 8.69. The monoisotopic (exact) mass is 250 g/mol. The molecular formula is C12H18N4S. The van der Waals surface area contributed by atoms with Gasteiger partial charge in [0, 0.05) is 6.54 Å². The van der Waals surface area contributed by atoms with E-state index >= 15 is 0 Å². The number of anilines is 1. The predicted octanol–water partition coefficient (Wildman–Crippen LogP) is 2.16. The molecule has 1 saturated heterocycles. The Bertz CT molecular complexity index is 387. The molecule has 2 rings (SSSR count). The molecule has 0 spiro atoms. The molecule has 1 aliphatic heterocycles. The summed E-state index contributed by atoms with van der Waals surface area (Å²) < 4.78 is 0. The van der Waals surface area contributed by atoms with Crippen molar-refractivity contribution in [2.24, 2.45) is 5.92 Å². The summed E-state index contributed by atoms with van der Waals surface area (Å²) in [6.07, 6.45) is 5.44. The summed E-state index contributed by atoms with van der Waals surface area (Å²) in [5, 5.41) is 12.9. The van der Waals surface area contributed by atoms with Crippen molar-refractivity contribution in [3.05, 3.63) is 11.1 Å². The first-order valence-electron chi connectivity index (χ1n) is 6.06. The third-order valence-corrected chi connectivity index (χ3v) is 4.14. The van der Waals surface area contributed by atoms with Crippen molar-refractivity contribution in [3.63, 3.8) is 0 Å². The maximum Gasteiger partial charge on any atom is 0.183 e. The molecule has 0 atom stereocenters. The van der Waals surface area contributed by atoms with E-state index in [9.17, 15) is 0 Å². The van der Waals surface area contributed by atoms with Gasteiger partial charge in [-0.1, -0.05) is 11.3 Å². The third-order valence-electron chi connectivity index (χ3n) is 3.28. The Hall–Kier alpha value is -1.12. The minimum absolute atomic E-state index is 0.673. The molecule has 1 fully saturated rings. The first-order valence-corrected chi connectivity index (χ1v) is 6.88. The van der Waals surface area contributed by atoms with Gasteiger partial charge in [0.15, 0.2) is 5.13 Å². The summed E-state index contributed by atoms with van der Waals surface area (Å²) >= 11 is 1.43. The van der Waals surface area contributed by atoms with E-state index in [1.807, 2.05) is 0 Å². The molecule has 92 valence electrons. The molecular weight excluding hydrogens is 232 g/mol. The van der Waals surface area contributed by atoms with Crippen LogP contribution in [0.15, 0.2) is 6.20 Å². The molecule has 1 aliphatic rings. The van der Waals surface area contributed by atoms with Crippen LogP contribution in [-0.2, 0) is 0 Å². The van der Waals surface area contributed by atoms with Crippen LogP contribution in [0.4, 0.5) is 5.13 Å². The van der Waals surface area contributed by atoms with Gasteiger partial charge < -0.3 is 10.2 Å². The van der Waals surface area contributed by atoms with E-state index in [4.69, 9.17) is 5.26 Å². The van der Waals surface area contributed by atoms with Gasteiger partial charge in [-0.15, -0.1) is 0 Å². The highest BCUT2D eigenvalue weighted by atomic mass is 32.1. The minimum Gasteiger partial charge on any atom is -0.361 e. The Morgan fingerprint density at radius 3 is 3.00 bits per heavy atom. The van der Waals surface area contributed by atoms with Gasteiger partial charge in [-0.25, -0.2) is 4.98 Å². The Morgan fingerprint density at radius 1 is 1.59 bits per heavy atom.